The Labute approximate surface area is 300 Å². The van der Waals surface area contributed by atoms with Crippen molar-refractivity contribution < 1.29 is 39.9 Å². The van der Waals surface area contributed by atoms with Gasteiger partial charge in [-0.1, -0.05) is 60.7 Å². The Balaban J connectivity index is 1.27. The largest absolute Gasteiger partial charge is 0.445 e. The lowest BCUT2D eigenvalue weighted by Gasteiger charge is -2.34. The number of rotatable bonds is 11. The van der Waals surface area contributed by atoms with Gasteiger partial charge in [0.2, 0.25) is 16.0 Å². The number of piperidine rings is 1. The molecule has 0 spiro atoms. The molecule has 0 radical (unpaired) electrons. The highest BCUT2D eigenvalue weighted by Crippen LogP contribution is 2.31. The minimum atomic E-state index is -4.18. The number of hydrogen-bond acceptors (Lipinski definition) is 8. The quantitative estimate of drug-likeness (QED) is 0.143. The van der Waals surface area contributed by atoms with Crippen molar-refractivity contribution in [1.29, 1.82) is 0 Å². The number of carbonyl (C=O) groups is 1. The Bertz CT molecular complexity index is 2280. The van der Waals surface area contributed by atoms with Crippen LogP contribution in [0.1, 0.15) is 30.5 Å². The maximum Gasteiger partial charge on any atom is 0.410 e. The number of carbonyl (C=O) groups excluding carboxylic acids is 1. The van der Waals surface area contributed by atoms with Gasteiger partial charge in [0, 0.05) is 36.2 Å². The van der Waals surface area contributed by atoms with Crippen molar-refractivity contribution in [3.05, 3.63) is 118 Å². The molecule has 53 heavy (non-hydrogen) atoms. The number of aromatic nitrogens is 3. The number of halogens is 5. The topological polar surface area (TPSA) is 136 Å². The molecule has 1 saturated heterocycles. The summed E-state index contributed by atoms with van der Waals surface area (Å²) in [4.78, 5) is 36.2. The van der Waals surface area contributed by atoms with Crippen LogP contribution in [0.15, 0.2) is 89.9 Å². The number of fused-ring (bicyclic) bond motifs is 1. The second-order valence-corrected chi connectivity index (χ2v) is 14.3. The zero-order chi connectivity index (χ0) is 37.9. The molecule has 2 N–H and O–H groups in total. The third-order valence-corrected chi connectivity index (χ3v) is 9.82. The number of alkyl halides is 3. The lowest BCUT2D eigenvalue weighted by atomic mass is 10.0. The summed E-state index contributed by atoms with van der Waals surface area (Å²) >= 11 is 0. The fraction of sp³-hybridized carbons (Fsp3) is 0.278. The summed E-state index contributed by atoms with van der Waals surface area (Å²) in [5.74, 6) is -3.90. The van der Waals surface area contributed by atoms with Crippen LogP contribution in [0.4, 0.5) is 38.4 Å². The van der Waals surface area contributed by atoms with E-state index in [1.807, 2.05) is 10.8 Å². The Morgan fingerprint density at radius 3 is 2.32 bits per heavy atom. The van der Waals surface area contributed by atoms with Crippen LogP contribution in [0.2, 0.25) is 0 Å². The normalized spacial score (nSPS) is 16.8. The van der Waals surface area contributed by atoms with E-state index < -0.39 is 80.6 Å². The highest BCUT2D eigenvalue weighted by atomic mass is 32.2. The summed E-state index contributed by atoms with van der Waals surface area (Å²) in [6.45, 7) is 0.809. The van der Waals surface area contributed by atoms with Crippen LogP contribution >= 0.6 is 0 Å². The molecule has 11 nitrogen and oxygen atoms in total. The van der Waals surface area contributed by atoms with Gasteiger partial charge >= 0.3 is 6.09 Å². The van der Waals surface area contributed by atoms with Crippen LogP contribution in [-0.4, -0.2) is 65.7 Å². The number of benzene rings is 3. The molecule has 1 aliphatic heterocycles. The van der Waals surface area contributed by atoms with E-state index in [1.54, 1.807) is 54.6 Å². The lowest BCUT2D eigenvalue weighted by molar-refractivity contribution is 0.0685. The van der Waals surface area contributed by atoms with E-state index in [-0.39, 0.29) is 43.1 Å². The summed E-state index contributed by atoms with van der Waals surface area (Å²) < 4.78 is 107. The summed E-state index contributed by atoms with van der Waals surface area (Å²) in [7, 11) is -4.18. The highest BCUT2D eigenvalue weighted by Gasteiger charge is 2.32. The minimum absolute atomic E-state index is 0.00211. The first-order valence-electron chi connectivity index (χ1n) is 16.4. The van der Waals surface area contributed by atoms with Gasteiger partial charge in [0.25, 0.3) is 12.0 Å². The van der Waals surface area contributed by atoms with Crippen molar-refractivity contribution >= 4 is 38.8 Å². The van der Waals surface area contributed by atoms with Gasteiger partial charge in [-0.25, -0.2) is 40.1 Å². The number of likely N-dealkylation sites (tertiary alicyclic amines) is 1. The molecule has 17 heteroatoms. The van der Waals surface area contributed by atoms with Gasteiger partial charge in [-0.2, -0.15) is 4.98 Å². The molecular weight excluding hydrogens is 723 g/mol. The Hall–Kier alpha value is -5.58. The number of ether oxygens (including phenoxy) is 1. The van der Waals surface area contributed by atoms with Crippen molar-refractivity contribution in [1.82, 2.24) is 19.4 Å². The first kappa shape index (κ1) is 37.2. The first-order chi connectivity index (χ1) is 25.3. The summed E-state index contributed by atoms with van der Waals surface area (Å²) in [5, 5.41) is 2.90. The number of sulfonamides is 1. The average molecular weight is 757 g/mol. The molecule has 0 aliphatic carbocycles. The van der Waals surface area contributed by atoms with E-state index in [9.17, 15) is 31.2 Å². The number of hydrogen-bond donors (Lipinski definition) is 2. The number of amides is 1. The van der Waals surface area contributed by atoms with Gasteiger partial charge in [-0.3, -0.25) is 14.1 Å². The highest BCUT2D eigenvalue weighted by molar-refractivity contribution is 7.91. The molecule has 1 fully saturated rings. The van der Waals surface area contributed by atoms with E-state index in [2.05, 4.69) is 15.3 Å². The van der Waals surface area contributed by atoms with E-state index >= 15 is 8.78 Å². The molecule has 278 valence electrons. The monoisotopic (exact) mass is 756 g/mol. The van der Waals surface area contributed by atoms with E-state index in [0.29, 0.717) is 10.1 Å². The molecule has 2 aromatic heterocycles. The smallest absolute Gasteiger partial charge is 0.410 e. The van der Waals surface area contributed by atoms with Gasteiger partial charge in [0.15, 0.2) is 11.6 Å². The predicted molar refractivity (Wildman–Crippen MR) is 188 cm³/mol. The Morgan fingerprint density at radius 1 is 0.962 bits per heavy atom. The van der Waals surface area contributed by atoms with Crippen LogP contribution in [0, 0.1) is 11.6 Å². The van der Waals surface area contributed by atoms with Gasteiger partial charge in [0.05, 0.1) is 29.6 Å². The second kappa shape index (κ2) is 15.6. The van der Waals surface area contributed by atoms with Crippen LogP contribution < -0.4 is 15.6 Å². The molecule has 1 amide bonds. The third kappa shape index (κ3) is 8.56. The molecule has 0 saturated carbocycles. The number of nitrogens with one attached hydrogen (secondary N) is 2. The van der Waals surface area contributed by atoms with Crippen molar-refractivity contribution in [3.63, 3.8) is 0 Å². The van der Waals surface area contributed by atoms with Gasteiger partial charge < -0.3 is 15.0 Å². The zero-order valence-electron chi connectivity index (χ0n) is 28.1. The van der Waals surface area contributed by atoms with Crippen molar-refractivity contribution in [2.75, 3.05) is 23.1 Å². The van der Waals surface area contributed by atoms with E-state index in [0.717, 1.165) is 30.7 Å². The fourth-order valence-electron chi connectivity index (χ4n) is 5.99. The van der Waals surface area contributed by atoms with E-state index in [1.165, 1.54) is 11.1 Å². The fourth-order valence-corrected chi connectivity index (χ4v) is 7.19. The Kier molecular flexibility index (Phi) is 10.9. The molecule has 6 rings (SSSR count). The van der Waals surface area contributed by atoms with Crippen LogP contribution in [0.25, 0.3) is 22.2 Å². The SMILES string of the molecule is CC(C(F)F)n1c(=O)c(-c2ccc(NS(=O)(=O)Cc3ccccc3)c(F)c2F)cc2cnc(N[C@H]3C[C@H](F)CN(C(=O)OCc4ccccc4)C3)nc21. The predicted octanol–water partition coefficient (Wildman–Crippen LogP) is 6.67. The number of pyridine rings is 1. The van der Waals surface area contributed by atoms with E-state index in [4.69, 9.17) is 4.74 Å². The molecule has 3 heterocycles. The number of nitrogens with zero attached hydrogens (tertiary/aromatic N) is 4. The molecule has 5 aromatic rings. The maximum absolute atomic E-state index is 15.6. The maximum atomic E-state index is 15.6. The van der Waals surface area contributed by atoms with Crippen molar-refractivity contribution in [3.8, 4) is 11.1 Å². The zero-order valence-corrected chi connectivity index (χ0v) is 28.9. The van der Waals surface area contributed by atoms with Crippen LogP contribution in [-0.2, 0) is 27.1 Å². The summed E-state index contributed by atoms with van der Waals surface area (Å²) in [5.41, 5.74) is -2.12. The third-order valence-electron chi connectivity index (χ3n) is 8.58. The van der Waals surface area contributed by atoms with Crippen molar-refractivity contribution in [2.24, 2.45) is 0 Å². The van der Waals surface area contributed by atoms with Crippen molar-refractivity contribution in [2.45, 2.75) is 50.4 Å². The minimum Gasteiger partial charge on any atom is -0.445 e. The lowest BCUT2D eigenvalue weighted by Crippen LogP contribution is -2.50. The standard InChI is InChI=1S/C36H33F5N6O5S/c1-21(32(40)41)47-33-24(16-42-35(44-33)43-26-15-25(37)17-46(18-26)36(49)52-19-22-8-4-2-5-9-22)14-28(34(47)48)27-12-13-29(31(39)30(27)38)45-53(50,51)20-23-10-6-3-7-11-23/h2-14,16,21,25-26,32,45H,15,17-20H2,1H3,(H,42,43,44)/t21?,25-,26-/m0/s1. The molecule has 1 aliphatic rings. The molecule has 3 aromatic carbocycles. The first-order valence-corrected chi connectivity index (χ1v) is 18.0. The van der Waals surface area contributed by atoms with Gasteiger partial charge in [-0.05, 0) is 36.2 Å². The second-order valence-electron chi connectivity index (χ2n) is 12.5. The van der Waals surface area contributed by atoms with Crippen LogP contribution in [0.5, 0.6) is 0 Å². The molecule has 0 bridgehead atoms. The molecule has 3 atom stereocenters. The number of anilines is 2. The molecular formula is C36H33F5N6O5S. The van der Waals surface area contributed by atoms with Crippen LogP contribution in [0.3, 0.4) is 0 Å². The van der Waals surface area contributed by atoms with Gasteiger partial charge in [0.1, 0.15) is 18.4 Å². The average Bonchev–Trinajstić information content (AvgIpc) is 3.12. The Morgan fingerprint density at radius 2 is 1.64 bits per heavy atom. The molecule has 1 unspecified atom stereocenters. The summed E-state index contributed by atoms with van der Waals surface area (Å²) in [6.07, 6.45) is -4.15. The summed E-state index contributed by atoms with van der Waals surface area (Å²) in [6, 6.07) is 17.4. The van der Waals surface area contributed by atoms with Gasteiger partial charge in [-0.15, -0.1) is 0 Å².